The Hall–Kier alpha value is -3.90. The summed E-state index contributed by atoms with van der Waals surface area (Å²) in [7, 11) is 0. The fraction of sp³-hybridized carbons (Fsp3) is 0.136. The van der Waals surface area contributed by atoms with Crippen LogP contribution >= 0.6 is 0 Å². The molecule has 3 aromatic rings. The van der Waals surface area contributed by atoms with Crippen molar-refractivity contribution in [2.75, 3.05) is 0 Å². The summed E-state index contributed by atoms with van der Waals surface area (Å²) in [4.78, 5) is 0. The summed E-state index contributed by atoms with van der Waals surface area (Å²) in [6.07, 6.45) is 0. The van der Waals surface area contributed by atoms with Crippen molar-refractivity contribution in [3.63, 3.8) is 0 Å². The van der Waals surface area contributed by atoms with Gasteiger partial charge in [-0.1, -0.05) is 6.07 Å². The summed E-state index contributed by atoms with van der Waals surface area (Å²) in [6.45, 7) is 3.72. The van der Waals surface area contributed by atoms with E-state index in [1.54, 1.807) is 12.1 Å². The highest BCUT2D eigenvalue weighted by molar-refractivity contribution is 5.84. The van der Waals surface area contributed by atoms with E-state index in [1.807, 2.05) is 32.0 Å². The van der Waals surface area contributed by atoms with Crippen LogP contribution in [0.3, 0.4) is 0 Å². The number of aromatic nitrogens is 2. The lowest BCUT2D eigenvalue weighted by Crippen LogP contribution is -2.24. The lowest BCUT2D eigenvalue weighted by molar-refractivity contribution is 0.627. The molecule has 2 heterocycles. The van der Waals surface area contributed by atoms with E-state index < -0.39 is 5.92 Å². The summed E-state index contributed by atoms with van der Waals surface area (Å²) in [6, 6.07) is 16.3. The van der Waals surface area contributed by atoms with Crippen molar-refractivity contribution in [2.24, 2.45) is 0 Å². The van der Waals surface area contributed by atoms with Crippen molar-refractivity contribution < 1.29 is 4.39 Å². The number of hydrogen-bond donors (Lipinski definition) is 2. The van der Waals surface area contributed by atoms with Gasteiger partial charge in [0.25, 0.3) is 0 Å². The van der Waals surface area contributed by atoms with E-state index in [0.717, 1.165) is 22.2 Å². The maximum absolute atomic E-state index is 13.4. The molecular formula is C22H16FN5. The lowest BCUT2D eigenvalue weighted by Gasteiger charge is -2.28. The first-order valence-electron chi connectivity index (χ1n) is 8.76. The number of nitrogens with zero attached hydrogens (tertiary/aromatic N) is 3. The molecule has 1 atom stereocenters. The van der Waals surface area contributed by atoms with Gasteiger partial charge < -0.3 is 5.32 Å². The molecule has 6 heteroatoms. The van der Waals surface area contributed by atoms with Crippen LogP contribution in [0, 0.1) is 35.4 Å². The number of aryl methyl sites for hydroxylation is 1. The average Bonchev–Trinajstić information content (AvgIpc) is 3.08. The molecule has 0 bridgehead atoms. The summed E-state index contributed by atoms with van der Waals surface area (Å²) in [5.74, 6) is -0.851. The minimum atomic E-state index is -0.505. The zero-order valence-corrected chi connectivity index (χ0v) is 15.3. The Morgan fingerprint density at radius 3 is 2.39 bits per heavy atom. The van der Waals surface area contributed by atoms with E-state index >= 15 is 0 Å². The first-order chi connectivity index (χ1) is 13.5. The van der Waals surface area contributed by atoms with E-state index in [-0.39, 0.29) is 5.82 Å². The quantitative estimate of drug-likeness (QED) is 0.699. The Labute approximate surface area is 161 Å². The van der Waals surface area contributed by atoms with Gasteiger partial charge in [-0.2, -0.15) is 15.6 Å². The second-order valence-corrected chi connectivity index (χ2v) is 6.73. The van der Waals surface area contributed by atoms with E-state index in [9.17, 15) is 14.9 Å². The fourth-order valence-electron chi connectivity index (χ4n) is 3.62. The molecule has 0 radical (unpaired) electrons. The predicted molar refractivity (Wildman–Crippen MR) is 104 cm³/mol. The Morgan fingerprint density at radius 1 is 1.00 bits per heavy atom. The number of hydrogen-bond acceptors (Lipinski definition) is 4. The molecule has 0 fully saturated rings. The van der Waals surface area contributed by atoms with Crippen LogP contribution in [-0.2, 0) is 0 Å². The molecule has 0 saturated carbocycles. The van der Waals surface area contributed by atoms with Gasteiger partial charge in [-0.15, -0.1) is 0 Å². The highest BCUT2D eigenvalue weighted by Crippen LogP contribution is 2.40. The van der Waals surface area contributed by atoms with Crippen molar-refractivity contribution in [3.05, 3.63) is 81.9 Å². The third-order valence-corrected chi connectivity index (χ3v) is 5.05. The molecule has 0 amide bonds. The van der Waals surface area contributed by atoms with Gasteiger partial charge >= 0.3 is 0 Å². The topological polar surface area (TPSA) is 88.3 Å². The Kier molecular flexibility index (Phi) is 4.18. The van der Waals surface area contributed by atoms with Crippen LogP contribution in [0.2, 0.25) is 0 Å². The number of dihydropyridines is 1. The van der Waals surface area contributed by atoms with Crippen molar-refractivity contribution in [2.45, 2.75) is 19.8 Å². The number of aromatic amines is 1. The van der Waals surface area contributed by atoms with Gasteiger partial charge in [0, 0.05) is 11.1 Å². The van der Waals surface area contributed by atoms with E-state index in [4.69, 9.17) is 0 Å². The molecule has 1 aliphatic rings. The van der Waals surface area contributed by atoms with Gasteiger partial charge in [-0.25, -0.2) is 4.39 Å². The summed E-state index contributed by atoms with van der Waals surface area (Å²) >= 11 is 0. The van der Waals surface area contributed by atoms with Crippen LogP contribution in [0.15, 0.2) is 59.3 Å². The molecule has 1 aromatic heterocycles. The first kappa shape index (κ1) is 17.5. The fourth-order valence-corrected chi connectivity index (χ4v) is 3.62. The molecule has 0 spiro atoms. The van der Waals surface area contributed by atoms with Crippen LogP contribution in [0.5, 0.6) is 0 Å². The SMILES string of the molecule is CC1=C(C#N)C(c2ccc3[nH]nc(C)c3c2)C(C#N)=C(c2ccc(F)cc2)N1. The number of fused-ring (bicyclic) bond motifs is 1. The number of allylic oxidation sites excluding steroid dienone is 3. The van der Waals surface area contributed by atoms with Crippen LogP contribution < -0.4 is 5.32 Å². The van der Waals surface area contributed by atoms with Crippen LogP contribution in [0.4, 0.5) is 4.39 Å². The Balaban J connectivity index is 1.95. The van der Waals surface area contributed by atoms with Crippen molar-refractivity contribution in [3.8, 4) is 12.1 Å². The van der Waals surface area contributed by atoms with Crippen molar-refractivity contribution in [1.82, 2.24) is 15.5 Å². The zero-order chi connectivity index (χ0) is 19.8. The summed E-state index contributed by atoms with van der Waals surface area (Å²) < 4.78 is 13.4. The number of rotatable bonds is 2. The Bertz CT molecular complexity index is 1230. The third-order valence-electron chi connectivity index (χ3n) is 5.05. The molecule has 2 aromatic carbocycles. The van der Waals surface area contributed by atoms with Gasteiger partial charge in [0.2, 0.25) is 0 Å². The zero-order valence-electron chi connectivity index (χ0n) is 15.3. The standard InChI is InChI=1S/C22H16FN5/c1-12-18(10-24)21(15-5-8-20-17(9-15)13(2)27-28-20)19(11-25)22(26-12)14-3-6-16(23)7-4-14/h3-9,21,26H,1-2H3,(H,27,28). The minimum absolute atomic E-state index is 0.346. The van der Waals surface area contributed by atoms with Gasteiger partial charge in [-0.05, 0) is 61.4 Å². The van der Waals surface area contributed by atoms with Crippen molar-refractivity contribution in [1.29, 1.82) is 10.5 Å². The lowest BCUT2D eigenvalue weighted by atomic mass is 9.80. The second kappa shape index (κ2) is 6.68. The number of H-pyrrole nitrogens is 1. The van der Waals surface area contributed by atoms with Gasteiger partial charge in [0.05, 0.1) is 46.1 Å². The molecule has 136 valence electrons. The van der Waals surface area contributed by atoms with Gasteiger partial charge in [0.1, 0.15) is 5.82 Å². The molecular weight excluding hydrogens is 353 g/mol. The van der Waals surface area contributed by atoms with E-state index in [2.05, 4.69) is 27.7 Å². The predicted octanol–water partition coefficient (Wildman–Crippen LogP) is 4.43. The second-order valence-electron chi connectivity index (χ2n) is 6.73. The molecule has 4 rings (SSSR count). The van der Waals surface area contributed by atoms with Crippen molar-refractivity contribution >= 4 is 16.6 Å². The van der Waals surface area contributed by atoms with Crippen LogP contribution in [-0.4, -0.2) is 10.2 Å². The normalized spacial score (nSPS) is 16.7. The van der Waals surface area contributed by atoms with E-state index in [0.29, 0.717) is 28.1 Å². The maximum atomic E-state index is 13.4. The molecule has 5 nitrogen and oxygen atoms in total. The summed E-state index contributed by atoms with van der Waals surface area (Å²) in [5.41, 5.74) is 5.47. The number of nitriles is 2. The molecule has 2 N–H and O–H groups in total. The molecule has 1 unspecified atom stereocenters. The highest BCUT2D eigenvalue weighted by atomic mass is 19.1. The smallest absolute Gasteiger partial charge is 0.123 e. The third kappa shape index (κ3) is 2.72. The number of halogens is 1. The average molecular weight is 369 g/mol. The molecule has 28 heavy (non-hydrogen) atoms. The minimum Gasteiger partial charge on any atom is -0.357 e. The van der Waals surface area contributed by atoms with Crippen LogP contribution in [0.25, 0.3) is 16.6 Å². The first-order valence-corrected chi connectivity index (χ1v) is 8.76. The van der Waals surface area contributed by atoms with Gasteiger partial charge in [0.15, 0.2) is 0 Å². The Morgan fingerprint density at radius 2 is 1.71 bits per heavy atom. The molecule has 0 saturated heterocycles. The number of nitrogens with one attached hydrogen (secondary N) is 2. The molecule has 1 aliphatic heterocycles. The monoisotopic (exact) mass is 369 g/mol. The number of benzene rings is 2. The molecule has 0 aliphatic carbocycles. The highest BCUT2D eigenvalue weighted by Gasteiger charge is 2.31. The maximum Gasteiger partial charge on any atom is 0.123 e. The van der Waals surface area contributed by atoms with E-state index in [1.165, 1.54) is 12.1 Å². The van der Waals surface area contributed by atoms with Crippen LogP contribution in [0.1, 0.15) is 29.7 Å². The summed E-state index contributed by atoms with van der Waals surface area (Å²) in [5, 5.41) is 31.0. The largest absolute Gasteiger partial charge is 0.357 e. The van der Waals surface area contributed by atoms with Gasteiger partial charge in [-0.3, -0.25) is 5.10 Å².